The summed E-state index contributed by atoms with van der Waals surface area (Å²) in [5.74, 6) is 0. The number of morpholine rings is 1. The molecule has 0 aromatic heterocycles. The van der Waals surface area contributed by atoms with Crippen molar-refractivity contribution in [1.82, 2.24) is 5.32 Å². The number of hydrogen-bond donors (Lipinski definition) is 2. The van der Waals surface area contributed by atoms with Gasteiger partial charge in [-0.15, -0.1) is 0 Å². The monoisotopic (exact) mass is 291 g/mol. The smallest absolute Gasteiger partial charge is 0.319 e. The van der Waals surface area contributed by atoms with Gasteiger partial charge in [-0.3, -0.25) is 0 Å². The molecule has 2 rings (SSSR count). The van der Waals surface area contributed by atoms with E-state index in [9.17, 15) is 4.79 Å². The minimum atomic E-state index is -0.175. The number of ether oxygens (including phenoxy) is 1. The van der Waals surface area contributed by atoms with Gasteiger partial charge in [-0.2, -0.15) is 0 Å². The van der Waals surface area contributed by atoms with Crippen LogP contribution in [0.25, 0.3) is 0 Å². The second-order valence-corrected chi connectivity index (χ2v) is 5.96. The molecule has 0 spiro atoms. The highest BCUT2D eigenvalue weighted by molar-refractivity contribution is 5.89. The van der Waals surface area contributed by atoms with Crippen molar-refractivity contribution in [1.29, 1.82) is 0 Å². The van der Waals surface area contributed by atoms with Gasteiger partial charge in [0.2, 0.25) is 0 Å². The highest BCUT2D eigenvalue weighted by Gasteiger charge is 2.22. The van der Waals surface area contributed by atoms with Crippen LogP contribution >= 0.6 is 0 Å². The lowest BCUT2D eigenvalue weighted by Gasteiger charge is -2.36. The van der Waals surface area contributed by atoms with E-state index in [4.69, 9.17) is 4.74 Å². The van der Waals surface area contributed by atoms with E-state index in [0.29, 0.717) is 0 Å². The Morgan fingerprint density at radius 1 is 1.19 bits per heavy atom. The van der Waals surface area contributed by atoms with Gasteiger partial charge in [0.15, 0.2) is 0 Å². The van der Waals surface area contributed by atoms with E-state index in [1.807, 2.05) is 38.1 Å². The van der Waals surface area contributed by atoms with Gasteiger partial charge < -0.3 is 20.3 Å². The Morgan fingerprint density at radius 3 is 2.29 bits per heavy atom. The zero-order chi connectivity index (χ0) is 15.4. The molecule has 0 bridgehead atoms. The quantitative estimate of drug-likeness (QED) is 0.900. The summed E-state index contributed by atoms with van der Waals surface area (Å²) >= 11 is 0. The number of anilines is 2. The lowest BCUT2D eigenvalue weighted by atomic mass is 10.2. The van der Waals surface area contributed by atoms with Crippen molar-refractivity contribution < 1.29 is 9.53 Å². The van der Waals surface area contributed by atoms with Crippen LogP contribution in [0, 0.1) is 0 Å². The summed E-state index contributed by atoms with van der Waals surface area (Å²) in [5.41, 5.74) is 1.96. The number of rotatable bonds is 3. The summed E-state index contributed by atoms with van der Waals surface area (Å²) in [6, 6.07) is 7.89. The Hall–Kier alpha value is -1.75. The van der Waals surface area contributed by atoms with Crippen molar-refractivity contribution in [2.45, 2.75) is 45.9 Å². The van der Waals surface area contributed by atoms with Crippen LogP contribution in [0.2, 0.25) is 0 Å². The third-order valence-corrected chi connectivity index (χ3v) is 3.33. The first-order chi connectivity index (χ1) is 9.94. The topological polar surface area (TPSA) is 53.6 Å². The molecule has 1 aliphatic rings. The van der Waals surface area contributed by atoms with Gasteiger partial charge in [0.05, 0.1) is 12.2 Å². The molecule has 2 atom stereocenters. The second-order valence-electron chi connectivity index (χ2n) is 5.96. The van der Waals surface area contributed by atoms with Crippen LogP contribution in [-0.2, 0) is 4.74 Å². The number of hydrogen-bond acceptors (Lipinski definition) is 3. The molecule has 0 saturated carbocycles. The van der Waals surface area contributed by atoms with Gasteiger partial charge in [-0.1, -0.05) is 0 Å². The zero-order valence-electron chi connectivity index (χ0n) is 13.2. The predicted octanol–water partition coefficient (Wildman–Crippen LogP) is 2.83. The number of benzene rings is 1. The molecule has 1 aromatic rings. The van der Waals surface area contributed by atoms with Crippen LogP contribution in [0.15, 0.2) is 24.3 Å². The summed E-state index contributed by atoms with van der Waals surface area (Å²) < 4.78 is 5.74. The highest BCUT2D eigenvalue weighted by Crippen LogP contribution is 2.22. The molecule has 0 aliphatic carbocycles. The Balaban J connectivity index is 1.97. The van der Waals surface area contributed by atoms with E-state index in [-0.39, 0.29) is 24.3 Å². The largest absolute Gasteiger partial charge is 0.372 e. The van der Waals surface area contributed by atoms with Gasteiger partial charge in [-0.05, 0) is 52.0 Å². The predicted molar refractivity (Wildman–Crippen MR) is 86.0 cm³/mol. The van der Waals surface area contributed by atoms with Crippen LogP contribution in [-0.4, -0.2) is 37.4 Å². The van der Waals surface area contributed by atoms with Gasteiger partial charge in [0, 0.05) is 30.5 Å². The van der Waals surface area contributed by atoms with Gasteiger partial charge in [-0.25, -0.2) is 4.79 Å². The molecular formula is C16H25N3O2. The fourth-order valence-corrected chi connectivity index (χ4v) is 2.57. The van der Waals surface area contributed by atoms with E-state index in [1.54, 1.807) is 0 Å². The van der Waals surface area contributed by atoms with E-state index in [1.165, 1.54) is 0 Å². The molecule has 116 valence electrons. The molecule has 21 heavy (non-hydrogen) atoms. The molecule has 5 nitrogen and oxygen atoms in total. The molecular weight excluding hydrogens is 266 g/mol. The summed E-state index contributed by atoms with van der Waals surface area (Å²) in [4.78, 5) is 14.0. The number of carbonyl (C=O) groups excluding carboxylic acids is 1. The number of urea groups is 1. The molecule has 1 heterocycles. The van der Waals surface area contributed by atoms with Crippen LogP contribution in [0.5, 0.6) is 0 Å². The molecule has 1 aromatic carbocycles. The van der Waals surface area contributed by atoms with Gasteiger partial charge in [0.1, 0.15) is 0 Å². The van der Waals surface area contributed by atoms with Crippen molar-refractivity contribution in [3.63, 3.8) is 0 Å². The minimum Gasteiger partial charge on any atom is -0.372 e. The van der Waals surface area contributed by atoms with E-state index >= 15 is 0 Å². The van der Waals surface area contributed by atoms with Crippen molar-refractivity contribution in [2.75, 3.05) is 23.3 Å². The fourth-order valence-electron chi connectivity index (χ4n) is 2.57. The highest BCUT2D eigenvalue weighted by atomic mass is 16.5. The molecule has 5 heteroatoms. The maximum absolute atomic E-state index is 11.6. The Morgan fingerprint density at radius 2 is 1.76 bits per heavy atom. The normalized spacial score (nSPS) is 22.2. The molecule has 0 unspecified atom stereocenters. The van der Waals surface area contributed by atoms with E-state index in [2.05, 4.69) is 29.4 Å². The summed E-state index contributed by atoms with van der Waals surface area (Å²) in [6.07, 6.45) is 0.478. The third kappa shape index (κ3) is 4.63. The minimum absolute atomic E-state index is 0.126. The molecule has 2 amide bonds. The first kappa shape index (κ1) is 15.6. The summed E-state index contributed by atoms with van der Waals surface area (Å²) in [5, 5.41) is 5.63. The zero-order valence-corrected chi connectivity index (χ0v) is 13.2. The van der Waals surface area contributed by atoms with Crippen LogP contribution in [0.1, 0.15) is 27.7 Å². The molecule has 1 aliphatic heterocycles. The number of amides is 2. The van der Waals surface area contributed by atoms with Crippen LogP contribution in [0.3, 0.4) is 0 Å². The molecule has 1 fully saturated rings. The average Bonchev–Trinajstić information content (AvgIpc) is 2.37. The van der Waals surface area contributed by atoms with Crippen molar-refractivity contribution in [2.24, 2.45) is 0 Å². The first-order valence-corrected chi connectivity index (χ1v) is 7.52. The summed E-state index contributed by atoms with van der Waals surface area (Å²) in [7, 11) is 0. The number of nitrogens with one attached hydrogen (secondary N) is 2. The van der Waals surface area contributed by atoms with Crippen LogP contribution < -0.4 is 15.5 Å². The average molecular weight is 291 g/mol. The van der Waals surface area contributed by atoms with E-state index < -0.39 is 0 Å². The van der Waals surface area contributed by atoms with Gasteiger partial charge in [0.25, 0.3) is 0 Å². The molecule has 0 radical (unpaired) electrons. The maximum atomic E-state index is 11.6. The van der Waals surface area contributed by atoms with Gasteiger partial charge >= 0.3 is 6.03 Å². The summed E-state index contributed by atoms with van der Waals surface area (Å²) in [6.45, 7) is 9.84. The van der Waals surface area contributed by atoms with Crippen molar-refractivity contribution in [3.05, 3.63) is 24.3 Å². The Kier molecular flexibility index (Phi) is 5.07. The van der Waals surface area contributed by atoms with Crippen LogP contribution in [0.4, 0.5) is 16.2 Å². The third-order valence-electron chi connectivity index (χ3n) is 3.33. The number of nitrogens with zero attached hydrogens (tertiary/aromatic N) is 1. The standard InChI is InChI=1S/C16H25N3O2/c1-11(2)17-16(20)18-14-5-7-15(8-6-14)19-9-12(3)21-13(4)10-19/h5-8,11-13H,9-10H2,1-4H3,(H2,17,18,20)/t12-,13+. The maximum Gasteiger partial charge on any atom is 0.319 e. The number of carbonyl (C=O) groups is 1. The fraction of sp³-hybridized carbons (Fsp3) is 0.562. The van der Waals surface area contributed by atoms with Crippen molar-refractivity contribution in [3.8, 4) is 0 Å². The lowest BCUT2D eigenvalue weighted by molar-refractivity contribution is -0.00521. The SMILES string of the molecule is CC(C)NC(=O)Nc1ccc(N2C[C@@H](C)O[C@@H](C)C2)cc1. The second kappa shape index (κ2) is 6.80. The first-order valence-electron chi connectivity index (χ1n) is 7.52. The van der Waals surface area contributed by atoms with E-state index in [0.717, 1.165) is 24.5 Å². The van der Waals surface area contributed by atoms with Crippen molar-refractivity contribution >= 4 is 17.4 Å². The molecule has 2 N–H and O–H groups in total. The lowest BCUT2D eigenvalue weighted by Crippen LogP contribution is -2.45. The Labute approximate surface area is 126 Å². The molecule has 1 saturated heterocycles. The Bertz CT molecular complexity index is 463.